The fraction of sp³-hybridized carbons (Fsp3) is 0.500. The molecule has 1 heterocycles. The Morgan fingerprint density at radius 1 is 1.15 bits per heavy atom. The molecule has 1 saturated heterocycles. The summed E-state index contributed by atoms with van der Waals surface area (Å²) in [4.78, 5) is 38.1. The summed E-state index contributed by atoms with van der Waals surface area (Å²) in [5, 5.41) is 0. The van der Waals surface area contributed by atoms with Crippen LogP contribution in [-0.4, -0.2) is 41.5 Å². The number of amides is 3. The van der Waals surface area contributed by atoms with E-state index in [-0.39, 0.29) is 18.4 Å². The lowest BCUT2D eigenvalue weighted by Crippen LogP contribution is -2.50. The molecule has 0 saturated carbocycles. The average molecular weight is 426 g/mol. The Hall–Kier alpha value is -2.09. The van der Waals surface area contributed by atoms with Gasteiger partial charge in [0.25, 0.3) is 5.91 Å². The van der Waals surface area contributed by atoms with Crippen molar-refractivity contribution in [3.8, 4) is 0 Å². The topological polar surface area (TPSA) is 87.7 Å². The number of rotatable bonds is 2. The van der Waals surface area contributed by atoms with Crippen molar-refractivity contribution in [1.82, 2.24) is 15.8 Å². The molecular weight excluding hydrogens is 402 g/mol. The van der Waals surface area contributed by atoms with Crippen LogP contribution in [0.15, 0.2) is 28.7 Å². The van der Waals surface area contributed by atoms with Crippen LogP contribution in [0.3, 0.4) is 0 Å². The van der Waals surface area contributed by atoms with E-state index in [0.717, 1.165) is 4.47 Å². The smallest absolute Gasteiger partial charge is 0.410 e. The third-order valence-electron chi connectivity index (χ3n) is 3.85. The van der Waals surface area contributed by atoms with E-state index in [2.05, 4.69) is 26.8 Å². The van der Waals surface area contributed by atoms with Gasteiger partial charge in [-0.15, -0.1) is 0 Å². The average Bonchev–Trinajstić information content (AvgIpc) is 2.58. The summed E-state index contributed by atoms with van der Waals surface area (Å²) in [7, 11) is 0. The molecule has 26 heavy (non-hydrogen) atoms. The summed E-state index contributed by atoms with van der Waals surface area (Å²) < 4.78 is 6.22. The highest BCUT2D eigenvalue weighted by Gasteiger charge is 2.31. The first kappa shape index (κ1) is 20.2. The Morgan fingerprint density at radius 2 is 1.81 bits per heavy atom. The lowest BCUT2D eigenvalue weighted by atomic mass is 9.98. The maximum absolute atomic E-state index is 12.3. The molecule has 1 unspecified atom stereocenters. The molecule has 1 atom stereocenters. The van der Waals surface area contributed by atoms with E-state index >= 15 is 0 Å². The number of piperidine rings is 1. The van der Waals surface area contributed by atoms with Gasteiger partial charge in [0, 0.05) is 23.1 Å². The highest BCUT2D eigenvalue weighted by Crippen LogP contribution is 2.19. The molecule has 3 amide bonds. The molecule has 142 valence electrons. The molecule has 0 aliphatic carbocycles. The van der Waals surface area contributed by atoms with Crippen molar-refractivity contribution in [3.05, 3.63) is 34.3 Å². The lowest BCUT2D eigenvalue weighted by molar-refractivity contribution is -0.127. The van der Waals surface area contributed by atoms with Crippen LogP contribution in [0.25, 0.3) is 0 Å². The number of nitrogens with one attached hydrogen (secondary N) is 2. The molecule has 2 N–H and O–H groups in total. The van der Waals surface area contributed by atoms with Crippen LogP contribution in [0.1, 0.15) is 44.0 Å². The van der Waals surface area contributed by atoms with Gasteiger partial charge in [0.2, 0.25) is 5.91 Å². The molecule has 0 aromatic heterocycles. The number of likely N-dealkylation sites (tertiary alicyclic amines) is 1. The van der Waals surface area contributed by atoms with Gasteiger partial charge in [-0.25, -0.2) is 4.79 Å². The second-order valence-corrected chi connectivity index (χ2v) is 8.13. The van der Waals surface area contributed by atoms with Gasteiger partial charge >= 0.3 is 6.09 Å². The maximum Gasteiger partial charge on any atom is 0.410 e. The van der Waals surface area contributed by atoms with Gasteiger partial charge in [0.05, 0.1) is 5.92 Å². The SMILES string of the molecule is CC(C)(C)OC(=O)N1CCCC(C(=O)NNC(=O)c2ccc(Br)cc2)C1. The normalized spacial score (nSPS) is 17.4. The van der Waals surface area contributed by atoms with Crippen LogP contribution >= 0.6 is 15.9 Å². The zero-order valence-electron chi connectivity index (χ0n) is 15.2. The van der Waals surface area contributed by atoms with Crippen molar-refractivity contribution in [2.45, 2.75) is 39.2 Å². The number of ether oxygens (including phenoxy) is 1. The number of benzene rings is 1. The Labute approximate surface area is 161 Å². The number of carbonyl (C=O) groups excluding carboxylic acids is 3. The van der Waals surface area contributed by atoms with Crippen LogP contribution in [0, 0.1) is 5.92 Å². The Bertz CT molecular complexity index is 670. The van der Waals surface area contributed by atoms with Crippen molar-refractivity contribution in [1.29, 1.82) is 0 Å². The number of halogens is 1. The second-order valence-electron chi connectivity index (χ2n) is 7.22. The molecule has 1 aliphatic rings. The summed E-state index contributed by atoms with van der Waals surface area (Å²) >= 11 is 3.30. The standard InChI is InChI=1S/C18H24BrN3O4/c1-18(2,3)26-17(25)22-10-4-5-13(11-22)16(24)21-20-15(23)12-6-8-14(19)9-7-12/h6-9,13H,4-5,10-11H2,1-3H3,(H,20,23)(H,21,24). The van der Waals surface area contributed by atoms with Gasteiger partial charge in [0.1, 0.15) is 5.60 Å². The summed E-state index contributed by atoms with van der Waals surface area (Å²) in [6.07, 6.45) is 0.936. The van der Waals surface area contributed by atoms with Crippen molar-refractivity contribution in [2.75, 3.05) is 13.1 Å². The molecule has 7 nitrogen and oxygen atoms in total. The van der Waals surface area contributed by atoms with Crippen molar-refractivity contribution < 1.29 is 19.1 Å². The summed E-state index contributed by atoms with van der Waals surface area (Å²) in [5.74, 6) is -1.10. The van der Waals surface area contributed by atoms with E-state index in [0.29, 0.717) is 24.9 Å². The summed E-state index contributed by atoms with van der Waals surface area (Å²) in [5.41, 5.74) is 4.71. The van der Waals surface area contributed by atoms with Crippen molar-refractivity contribution >= 4 is 33.8 Å². The minimum absolute atomic E-state index is 0.273. The van der Waals surface area contributed by atoms with Gasteiger partial charge in [-0.1, -0.05) is 15.9 Å². The van der Waals surface area contributed by atoms with Gasteiger partial charge in [-0.2, -0.15) is 0 Å². The Balaban J connectivity index is 1.85. The molecule has 1 aromatic rings. The van der Waals surface area contributed by atoms with E-state index in [9.17, 15) is 14.4 Å². The predicted octanol–water partition coefficient (Wildman–Crippen LogP) is 2.86. The van der Waals surface area contributed by atoms with Crippen LogP contribution in [0.5, 0.6) is 0 Å². The largest absolute Gasteiger partial charge is 0.444 e. The van der Waals surface area contributed by atoms with E-state index in [1.54, 1.807) is 45.0 Å². The quantitative estimate of drug-likeness (QED) is 0.712. The van der Waals surface area contributed by atoms with Crippen LogP contribution in [-0.2, 0) is 9.53 Å². The number of hydrazine groups is 1. The first-order valence-corrected chi connectivity index (χ1v) is 9.29. The maximum atomic E-state index is 12.3. The zero-order valence-corrected chi connectivity index (χ0v) is 16.8. The zero-order chi connectivity index (χ0) is 19.3. The van der Waals surface area contributed by atoms with Gasteiger partial charge in [0.15, 0.2) is 0 Å². The third kappa shape index (κ3) is 6.01. The first-order valence-electron chi connectivity index (χ1n) is 8.49. The molecular formula is C18H24BrN3O4. The minimum Gasteiger partial charge on any atom is -0.444 e. The fourth-order valence-corrected chi connectivity index (χ4v) is 2.84. The van der Waals surface area contributed by atoms with Crippen LogP contribution in [0.2, 0.25) is 0 Å². The van der Waals surface area contributed by atoms with E-state index < -0.39 is 17.6 Å². The number of carbonyl (C=O) groups is 3. The Kier molecular flexibility index (Phi) is 6.63. The number of hydrogen-bond donors (Lipinski definition) is 2. The predicted molar refractivity (Wildman–Crippen MR) is 100 cm³/mol. The molecule has 1 fully saturated rings. The highest BCUT2D eigenvalue weighted by atomic mass is 79.9. The van der Waals surface area contributed by atoms with Crippen molar-refractivity contribution in [3.63, 3.8) is 0 Å². The highest BCUT2D eigenvalue weighted by molar-refractivity contribution is 9.10. The second kappa shape index (κ2) is 8.53. The fourth-order valence-electron chi connectivity index (χ4n) is 2.58. The minimum atomic E-state index is -0.578. The van der Waals surface area contributed by atoms with Gasteiger partial charge < -0.3 is 9.64 Å². The molecule has 1 aliphatic heterocycles. The number of nitrogens with zero attached hydrogens (tertiary/aromatic N) is 1. The van der Waals surface area contributed by atoms with E-state index in [1.165, 1.54) is 4.90 Å². The first-order chi connectivity index (χ1) is 12.2. The summed E-state index contributed by atoms with van der Waals surface area (Å²) in [6, 6.07) is 6.79. The molecule has 0 radical (unpaired) electrons. The molecule has 1 aromatic carbocycles. The third-order valence-corrected chi connectivity index (χ3v) is 4.38. The van der Waals surface area contributed by atoms with E-state index in [4.69, 9.17) is 4.74 Å². The van der Waals surface area contributed by atoms with Crippen molar-refractivity contribution in [2.24, 2.45) is 5.92 Å². The van der Waals surface area contributed by atoms with Gasteiger partial charge in [-0.3, -0.25) is 20.4 Å². The monoisotopic (exact) mass is 425 g/mol. The molecule has 0 bridgehead atoms. The molecule has 8 heteroatoms. The van der Waals surface area contributed by atoms with E-state index in [1.807, 2.05) is 0 Å². The Morgan fingerprint density at radius 3 is 2.42 bits per heavy atom. The van der Waals surface area contributed by atoms with Crippen LogP contribution < -0.4 is 10.9 Å². The lowest BCUT2D eigenvalue weighted by Gasteiger charge is -2.33. The number of hydrogen-bond acceptors (Lipinski definition) is 4. The molecule has 2 rings (SSSR count). The molecule has 0 spiro atoms. The summed E-state index contributed by atoms with van der Waals surface area (Å²) in [6.45, 7) is 6.24. The van der Waals surface area contributed by atoms with Crippen LogP contribution in [0.4, 0.5) is 4.79 Å². The van der Waals surface area contributed by atoms with Gasteiger partial charge in [-0.05, 0) is 57.9 Å².